The molecule has 7 nitrogen and oxygen atoms in total. The molecule has 1 aliphatic rings. The van der Waals surface area contributed by atoms with Gasteiger partial charge >= 0.3 is 12.2 Å². The van der Waals surface area contributed by atoms with Crippen LogP contribution in [-0.4, -0.2) is 44.9 Å². The van der Waals surface area contributed by atoms with Gasteiger partial charge in [0.2, 0.25) is 0 Å². The van der Waals surface area contributed by atoms with Crippen molar-refractivity contribution in [2.24, 2.45) is 0 Å². The van der Waals surface area contributed by atoms with Gasteiger partial charge in [-0.1, -0.05) is 42.5 Å². The van der Waals surface area contributed by atoms with E-state index in [0.717, 1.165) is 5.56 Å². The number of aromatic nitrogens is 2. The molecule has 41 heavy (non-hydrogen) atoms. The molecular formula is C31H33F3N6O. The van der Waals surface area contributed by atoms with Crippen LogP contribution in [0.5, 0.6) is 0 Å². The number of nitrogens with zero attached hydrogens (tertiary/aromatic N) is 3. The Labute approximate surface area is 237 Å². The molecule has 0 aliphatic carbocycles. The molecular weight excluding hydrogens is 529 g/mol. The molecule has 1 aliphatic heterocycles. The highest BCUT2D eigenvalue weighted by molar-refractivity contribution is 5.89. The van der Waals surface area contributed by atoms with Crippen LogP contribution in [-0.2, 0) is 12.7 Å². The number of amides is 2. The van der Waals surface area contributed by atoms with Crippen molar-refractivity contribution >= 4 is 17.4 Å². The second-order valence-electron chi connectivity index (χ2n) is 10.4. The maximum Gasteiger partial charge on any atom is 0.416 e. The van der Waals surface area contributed by atoms with Crippen molar-refractivity contribution in [1.82, 2.24) is 19.8 Å². The molecule has 4 aromatic rings. The highest BCUT2D eigenvalue weighted by Crippen LogP contribution is 2.37. The van der Waals surface area contributed by atoms with E-state index < -0.39 is 17.8 Å². The number of urea groups is 1. The zero-order valence-electron chi connectivity index (χ0n) is 22.7. The van der Waals surface area contributed by atoms with E-state index in [1.807, 2.05) is 59.5 Å². The fourth-order valence-corrected chi connectivity index (χ4v) is 5.44. The number of H-pyrrole nitrogens is 1. The van der Waals surface area contributed by atoms with Gasteiger partial charge in [0.05, 0.1) is 11.6 Å². The Morgan fingerprint density at radius 1 is 1.10 bits per heavy atom. The standard InChI is InChI=1S/C31H33F3N6O/c1-21-7-10-23(19-27(21)31(32,33)34)28(29-36-15-16-37-29)39-17-13-26(14-18-39)40(20-22-8-11-24(35)12-9-22)30(41)38-25-5-3-2-4-6-25/h2-12,15-16,19,26,28H,13-14,17-18,20,35H2,1H3,(H,36,37)(H,38,41). The van der Waals surface area contributed by atoms with Crippen LogP contribution in [0.3, 0.4) is 0 Å². The van der Waals surface area contributed by atoms with Gasteiger partial charge in [0.25, 0.3) is 0 Å². The van der Waals surface area contributed by atoms with Gasteiger partial charge in [0, 0.05) is 49.4 Å². The van der Waals surface area contributed by atoms with Crippen molar-refractivity contribution in [2.75, 3.05) is 24.1 Å². The number of aryl methyl sites for hydroxylation is 1. The van der Waals surface area contributed by atoms with Crippen molar-refractivity contribution < 1.29 is 18.0 Å². The van der Waals surface area contributed by atoms with Crippen molar-refractivity contribution in [3.05, 3.63) is 113 Å². The number of likely N-dealkylation sites (tertiary alicyclic amines) is 1. The highest BCUT2D eigenvalue weighted by atomic mass is 19.4. The zero-order valence-corrected chi connectivity index (χ0v) is 22.7. The molecule has 0 spiro atoms. The van der Waals surface area contributed by atoms with Gasteiger partial charge in [-0.2, -0.15) is 13.2 Å². The van der Waals surface area contributed by atoms with Gasteiger partial charge in [0.15, 0.2) is 0 Å². The normalized spacial score (nSPS) is 15.4. The summed E-state index contributed by atoms with van der Waals surface area (Å²) in [5.74, 6) is 0.584. The van der Waals surface area contributed by atoms with Crippen molar-refractivity contribution in [3.8, 4) is 0 Å². The maximum atomic E-state index is 13.8. The first-order chi connectivity index (χ1) is 19.7. The third-order valence-corrected chi connectivity index (χ3v) is 7.58. The zero-order chi connectivity index (χ0) is 29.0. The van der Waals surface area contributed by atoms with Gasteiger partial charge < -0.3 is 20.9 Å². The summed E-state index contributed by atoms with van der Waals surface area (Å²) in [5, 5.41) is 3.01. The Hall–Kier alpha value is -4.31. The van der Waals surface area contributed by atoms with Crippen molar-refractivity contribution in [2.45, 2.75) is 44.6 Å². The number of nitrogens with two attached hydrogens (primary N) is 1. The number of anilines is 2. The minimum atomic E-state index is -4.45. The molecule has 1 unspecified atom stereocenters. The third kappa shape index (κ3) is 6.71. The molecule has 214 valence electrons. The fourth-order valence-electron chi connectivity index (χ4n) is 5.44. The summed E-state index contributed by atoms with van der Waals surface area (Å²) in [6.07, 6.45) is 0.126. The molecule has 5 rings (SSSR count). The lowest BCUT2D eigenvalue weighted by atomic mass is 9.95. The number of imidazole rings is 1. The number of carbonyl (C=O) groups is 1. The number of carbonyl (C=O) groups excluding carboxylic acids is 1. The average Bonchev–Trinajstić information content (AvgIpc) is 3.48. The molecule has 0 bridgehead atoms. The number of aromatic amines is 1. The number of hydrogen-bond acceptors (Lipinski definition) is 4. The number of halogens is 3. The van der Waals surface area contributed by atoms with E-state index in [1.165, 1.54) is 19.1 Å². The van der Waals surface area contributed by atoms with E-state index in [-0.39, 0.29) is 17.6 Å². The van der Waals surface area contributed by atoms with Gasteiger partial charge in [-0.3, -0.25) is 4.90 Å². The van der Waals surface area contributed by atoms with Crippen LogP contribution in [0.15, 0.2) is 85.2 Å². The second-order valence-corrected chi connectivity index (χ2v) is 10.4. The first kappa shape index (κ1) is 28.2. The number of para-hydroxylation sites is 1. The quantitative estimate of drug-likeness (QED) is 0.221. The summed E-state index contributed by atoms with van der Waals surface area (Å²) < 4.78 is 41.3. The average molecular weight is 563 g/mol. The fraction of sp³-hybridized carbons (Fsp3) is 0.290. The van der Waals surface area contributed by atoms with Gasteiger partial charge in [-0.15, -0.1) is 0 Å². The molecule has 10 heteroatoms. The van der Waals surface area contributed by atoms with Crippen LogP contribution < -0.4 is 11.1 Å². The van der Waals surface area contributed by atoms with Gasteiger partial charge in [-0.25, -0.2) is 9.78 Å². The summed E-state index contributed by atoms with van der Waals surface area (Å²) in [4.78, 5) is 25.0. The Balaban J connectivity index is 1.37. The van der Waals surface area contributed by atoms with Crippen LogP contribution in [0, 0.1) is 6.92 Å². The van der Waals surface area contributed by atoms with E-state index in [2.05, 4.69) is 20.2 Å². The Kier molecular flexibility index (Phi) is 8.30. The minimum absolute atomic E-state index is 0.0754. The summed E-state index contributed by atoms with van der Waals surface area (Å²) in [5.41, 5.74) is 8.24. The largest absolute Gasteiger partial charge is 0.416 e. The predicted octanol–water partition coefficient (Wildman–Crippen LogP) is 6.61. The molecule has 0 saturated carbocycles. The second kappa shape index (κ2) is 12.1. The molecule has 1 atom stereocenters. The van der Waals surface area contributed by atoms with Crippen LogP contribution in [0.25, 0.3) is 0 Å². The molecule has 3 aromatic carbocycles. The maximum absolute atomic E-state index is 13.8. The van der Waals surface area contributed by atoms with Crippen LogP contribution in [0.1, 0.15) is 47.0 Å². The van der Waals surface area contributed by atoms with E-state index >= 15 is 0 Å². The molecule has 1 saturated heterocycles. The number of nitrogen functional groups attached to an aromatic ring is 1. The number of alkyl halides is 3. The number of piperidine rings is 1. The molecule has 2 heterocycles. The van der Waals surface area contributed by atoms with E-state index in [0.29, 0.717) is 55.2 Å². The summed E-state index contributed by atoms with van der Waals surface area (Å²) in [7, 11) is 0. The Bertz CT molecular complexity index is 1430. The van der Waals surface area contributed by atoms with Crippen molar-refractivity contribution in [3.63, 3.8) is 0 Å². The lowest BCUT2D eigenvalue weighted by molar-refractivity contribution is -0.138. The lowest BCUT2D eigenvalue weighted by Crippen LogP contribution is -2.49. The molecule has 2 amide bonds. The molecule has 4 N–H and O–H groups in total. The van der Waals surface area contributed by atoms with Crippen LogP contribution in [0.4, 0.5) is 29.3 Å². The molecule has 1 fully saturated rings. The molecule has 1 aromatic heterocycles. The lowest BCUT2D eigenvalue weighted by Gasteiger charge is -2.41. The van der Waals surface area contributed by atoms with E-state index in [1.54, 1.807) is 18.5 Å². The number of hydrogen-bond donors (Lipinski definition) is 3. The monoisotopic (exact) mass is 562 g/mol. The van der Waals surface area contributed by atoms with E-state index in [4.69, 9.17) is 5.73 Å². The first-order valence-corrected chi connectivity index (χ1v) is 13.6. The number of nitrogens with one attached hydrogen (secondary N) is 2. The van der Waals surface area contributed by atoms with Crippen LogP contribution in [0.2, 0.25) is 0 Å². The van der Waals surface area contributed by atoms with Gasteiger partial charge in [0.1, 0.15) is 5.82 Å². The number of benzene rings is 3. The van der Waals surface area contributed by atoms with Gasteiger partial charge in [-0.05, 0) is 66.8 Å². The minimum Gasteiger partial charge on any atom is -0.399 e. The Morgan fingerprint density at radius 2 is 1.80 bits per heavy atom. The first-order valence-electron chi connectivity index (χ1n) is 13.6. The summed E-state index contributed by atoms with van der Waals surface area (Å²) >= 11 is 0. The molecule has 0 radical (unpaired) electrons. The van der Waals surface area contributed by atoms with E-state index in [9.17, 15) is 18.0 Å². The van der Waals surface area contributed by atoms with Crippen molar-refractivity contribution in [1.29, 1.82) is 0 Å². The van der Waals surface area contributed by atoms with Crippen LogP contribution >= 0.6 is 0 Å². The highest BCUT2D eigenvalue weighted by Gasteiger charge is 2.36. The third-order valence-electron chi connectivity index (χ3n) is 7.58. The predicted molar refractivity (Wildman–Crippen MR) is 153 cm³/mol. The smallest absolute Gasteiger partial charge is 0.399 e. The summed E-state index contributed by atoms with van der Waals surface area (Å²) in [6, 6.07) is 20.5. The number of rotatable bonds is 7. The Morgan fingerprint density at radius 3 is 2.44 bits per heavy atom. The summed E-state index contributed by atoms with van der Waals surface area (Å²) in [6.45, 7) is 3.01. The SMILES string of the molecule is Cc1ccc(C(c2ncc[nH]2)N2CCC(N(Cc3ccc(N)cc3)C(=O)Nc3ccccc3)CC2)cc1C(F)(F)F. The topological polar surface area (TPSA) is 90.3 Å².